The number of carbonyl (C=O) groups is 1. The summed E-state index contributed by atoms with van der Waals surface area (Å²) in [6.07, 6.45) is 4.01. The number of benzene rings is 2. The highest BCUT2D eigenvalue weighted by molar-refractivity contribution is 7.93. The van der Waals surface area contributed by atoms with Crippen molar-refractivity contribution in [3.8, 4) is 11.3 Å². The van der Waals surface area contributed by atoms with Crippen molar-refractivity contribution < 1.29 is 13.2 Å². The van der Waals surface area contributed by atoms with Gasteiger partial charge in [0.2, 0.25) is 10.0 Å². The number of nitrogens with one attached hydrogen (secondary N) is 1. The molecule has 1 aliphatic heterocycles. The molecule has 0 unspecified atom stereocenters. The standard InChI is InChI=1S/C24H19ClN4O3S/c25-21-15-18(29-12-3-13-33(29,31)32)7-8-19(21)24(30)28-17-5-1-4-16(14-17)23-20-6-2-10-26-22(20)9-11-27-23/h1-2,4-11,14-15H,3,12-13H2,(H,28,30). The lowest BCUT2D eigenvalue weighted by Gasteiger charge is -2.18. The number of sulfonamides is 1. The Morgan fingerprint density at radius 2 is 1.88 bits per heavy atom. The van der Waals surface area contributed by atoms with Gasteiger partial charge >= 0.3 is 0 Å². The summed E-state index contributed by atoms with van der Waals surface area (Å²) in [6.45, 7) is 0.411. The third-order valence-electron chi connectivity index (χ3n) is 5.51. The molecular weight excluding hydrogens is 460 g/mol. The minimum Gasteiger partial charge on any atom is -0.322 e. The molecule has 3 heterocycles. The first-order chi connectivity index (χ1) is 15.9. The quantitative estimate of drug-likeness (QED) is 0.457. The molecule has 0 bridgehead atoms. The zero-order valence-corrected chi connectivity index (χ0v) is 19.0. The Labute approximate surface area is 196 Å². The van der Waals surface area contributed by atoms with Gasteiger partial charge in [0.05, 0.1) is 33.2 Å². The van der Waals surface area contributed by atoms with Crippen LogP contribution in [0, 0.1) is 0 Å². The summed E-state index contributed by atoms with van der Waals surface area (Å²) < 4.78 is 25.6. The monoisotopic (exact) mass is 478 g/mol. The Kier molecular flexibility index (Phi) is 5.47. The van der Waals surface area contributed by atoms with Gasteiger partial charge in [0.1, 0.15) is 0 Å². The third-order valence-corrected chi connectivity index (χ3v) is 7.69. The first-order valence-electron chi connectivity index (χ1n) is 10.3. The van der Waals surface area contributed by atoms with Crippen LogP contribution in [0.25, 0.3) is 22.2 Å². The van der Waals surface area contributed by atoms with Gasteiger partial charge in [-0.15, -0.1) is 0 Å². The van der Waals surface area contributed by atoms with Crippen molar-refractivity contribution in [1.29, 1.82) is 0 Å². The summed E-state index contributed by atoms with van der Waals surface area (Å²) in [6, 6.07) is 17.7. The number of carbonyl (C=O) groups excluding carboxylic acids is 1. The molecule has 5 rings (SSSR count). The van der Waals surface area contributed by atoms with Crippen LogP contribution in [0.1, 0.15) is 16.8 Å². The lowest BCUT2D eigenvalue weighted by Crippen LogP contribution is -2.25. The van der Waals surface area contributed by atoms with Crippen molar-refractivity contribution in [2.75, 3.05) is 21.9 Å². The average Bonchev–Trinajstić information content (AvgIpc) is 3.17. The van der Waals surface area contributed by atoms with Crippen LogP contribution in [-0.4, -0.2) is 36.6 Å². The summed E-state index contributed by atoms with van der Waals surface area (Å²) in [4.78, 5) is 21.8. The minimum absolute atomic E-state index is 0.116. The zero-order valence-electron chi connectivity index (χ0n) is 17.4. The van der Waals surface area contributed by atoms with E-state index in [1.165, 1.54) is 10.4 Å². The van der Waals surface area contributed by atoms with Crippen LogP contribution >= 0.6 is 11.6 Å². The van der Waals surface area contributed by atoms with E-state index < -0.39 is 10.0 Å². The molecule has 2 aromatic heterocycles. The van der Waals surface area contributed by atoms with Crippen molar-refractivity contribution in [2.24, 2.45) is 0 Å². The lowest BCUT2D eigenvalue weighted by molar-refractivity contribution is 0.102. The van der Waals surface area contributed by atoms with E-state index in [4.69, 9.17) is 11.6 Å². The Balaban J connectivity index is 1.41. The highest BCUT2D eigenvalue weighted by atomic mass is 35.5. The topological polar surface area (TPSA) is 92.3 Å². The molecule has 2 aromatic carbocycles. The molecule has 0 radical (unpaired) electrons. The highest BCUT2D eigenvalue weighted by Gasteiger charge is 2.29. The number of nitrogens with zero attached hydrogens (tertiary/aromatic N) is 3. The normalized spacial score (nSPS) is 15.0. The van der Waals surface area contributed by atoms with Crippen molar-refractivity contribution in [3.63, 3.8) is 0 Å². The van der Waals surface area contributed by atoms with E-state index in [2.05, 4.69) is 15.3 Å². The number of pyridine rings is 2. The summed E-state index contributed by atoms with van der Waals surface area (Å²) in [5.41, 5.74) is 3.76. The fraction of sp³-hybridized carbons (Fsp3) is 0.125. The fourth-order valence-electron chi connectivity index (χ4n) is 3.95. The van der Waals surface area contributed by atoms with Gasteiger partial charge in [0, 0.05) is 35.6 Å². The van der Waals surface area contributed by atoms with Crippen molar-refractivity contribution in [3.05, 3.63) is 83.6 Å². The number of rotatable bonds is 4. The molecule has 1 aliphatic rings. The maximum atomic E-state index is 12.9. The van der Waals surface area contributed by atoms with Gasteiger partial charge in [-0.1, -0.05) is 23.7 Å². The van der Waals surface area contributed by atoms with E-state index in [-0.39, 0.29) is 22.2 Å². The number of anilines is 2. The molecule has 33 heavy (non-hydrogen) atoms. The van der Waals surface area contributed by atoms with E-state index in [1.54, 1.807) is 30.6 Å². The summed E-state index contributed by atoms with van der Waals surface area (Å²) >= 11 is 6.36. The SMILES string of the molecule is O=C(Nc1cccc(-c2nccc3ncccc23)c1)c1ccc(N2CCCS2(=O)=O)cc1Cl. The minimum atomic E-state index is -3.32. The van der Waals surface area contributed by atoms with E-state index in [9.17, 15) is 13.2 Å². The second-order valence-corrected chi connectivity index (χ2v) is 10.1. The van der Waals surface area contributed by atoms with E-state index >= 15 is 0 Å². The van der Waals surface area contributed by atoms with Crippen LogP contribution in [0.2, 0.25) is 5.02 Å². The van der Waals surface area contributed by atoms with Gasteiger partial charge in [-0.05, 0) is 55.0 Å². The van der Waals surface area contributed by atoms with Gasteiger partial charge < -0.3 is 5.32 Å². The number of aromatic nitrogens is 2. The van der Waals surface area contributed by atoms with Crippen molar-refractivity contribution in [1.82, 2.24) is 9.97 Å². The first-order valence-corrected chi connectivity index (χ1v) is 12.3. The highest BCUT2D eigenvalue weighted by Crippen LogP contribution is 2.30. The maximum absolute atomic E-state index is 12.9. The molecule has 1 N–H and O–H groups in total. The Morgan fingerprint density at radius 3 is 2.67 bits per heavy atom. The molecule has 7 nitrogen and oxygen atoms in total. The van der Waals surface area contributed by atoms with Crippen LogP contribution in [0.5, 0.6) is 0 Å². The molecule has 0 atom stereocenters. The smallest absolute Gasteiger partial charge is 0.257 e. The van der Waals surface area contributed by atoms with Gasteiger partial charge in [-0.2, -0.15) is 0 Å². The maximum Gasteiger partial charge on any atom is 0.257 e. The van der Waals surface area contributed by atoms with Gasteiger partial charge in [0.15, 0.2) is 0 Å². The molecule has 0 saturated carbocycles. The predicted octanol–water partition coefficient (Wildman–Crippen LogP) is 4.74. The zero-order chi connectivity index (χ0) is 23.0. The molecule has 4 aromatic rings. The molecule has 0 spiro atoms. The van der Waals surface area contributed by atoms with Gasteiger partial charge in [-0.3, -0.25) is 19.1 Å². The average molecular weight is 479 g/mol. The summed E-state index contributed by atoms with van der Waals surface area (Å²) in [5.74, 6) is -0.273. The van der Waals surface area contributed by atoms with Crippen LogP contribution in [-0.2, 0) is 10.0 Å². The second kappa shape index (κ2) is 8.46. The number of fused-ring (bicyclic) bond motifs is 1. The molecule has 166 valence electrons. The van der Waals surface area contributed by atoms with Crippen LogP contribution in [0.15, 0.2) is 73.1 Å². The van der Waals surface area contributed by atoms with Crippen LogP contribution < -0.4 is 9.62 Å². The second-order valence-electron chi connectivity index (χ2n) is 7.67. The number of hydrogen-bond donors (Lipinski definition) is 1. The van der Waals surface area contributed by atoms with E-state index in [0.29, 0.717) is 24.3 Å². The molecule has 9 heteroatoms. The number of hydrogen-bond acceptors (Lipinski definition) is 5. The van der Waals surface area contributed by atoms with E-state index in [0.717, 1.165) is 22.2 Å². The van der Waals surface area contributed by atoms with Crippen LogP contribution in [0.3, 0.4) is 0 Å². The summed E-state index contributed by atoms with van der Waals surface area (Å²) in [7, 11) is -3.32. The third kappa shape index (κ3) is 4.15. The van der Waals surface area contributed by atoms with Crippen molar-refractivity contribution in [2.45, 2.75) is 6.42 Å². The predicted molar refractivity (Wildman–Crippen MR) is 130 cm³/mol. The van der Waals surface area contributed by atoms with Crippen molar-refractivity contribution >= 4 is 49.8 Å². The molecule has 1 fully saturated rings. The Hall–Kier alpha value is -3.49. The summed E-state index contributed by atoms with van der Waals surface area (Å²) in [5, 5.41) is 3.96. The van der Waals surface area contributed by atoms with Gasteiger partial charge in [0.25, 0.3) is 5.91 Å². The fourth-order valence-corrected chi connectivity index (χ4v) is 5.76. The largest absolute Gasteiger partial charge is 0.322 e. The molecule has 1 saturated heterocycles. The Morgan fingerprint density at radius 1 is 1.00 bits per heavy atom. The lowest BCUT2D eigenvalue weighted by atomic mass is 10.1. The number of amides is 1. The van der Waals surface area contributed by atoms with Crippen LogP contribution in [0.4, 0.5) is 11.4 Å². The first kappa shape index (κ1) is 21.4. The van der Waals surface area contributed by atoms with E-state index in [1.807, 2.05) is 36.4 Å². The van der Waals surface area contributed by atoms with Gasteiger partial charge in [-0.25, -0.2) is 8.42 Å². The Bertz CT molecular complexity index is 1490. The molecular formula is C24H19ClN4O3S. The molecule has 0 aliphatic carbocycles. The molecule has 1 amide bonds. The number of halogens is 1.